The summed E-state index contributed by atoms with van der Waals surface area (Å²) in [4.78, 5) is 15.7. The fraction of sp³-hybridized carbons (Fsp3) is 0.316. The Balaban J connectivity index is 1.58. The van der Waals surface area contributed by atoms with Crippen LogP contribution in [-0.2, 0) is 4.79 Å². The summed E-state index contributed by atoms with van der Waals surface area (Å²) in [5.74, 6) is -0.505. The van der Waals surface area contributed by atoms with Crippen molar-refractivity contribution >= 4 is 28.9 Å². The normalized spacial score (nSPS) is 16.3. The van der Waals surface area contributed by atoms with E-state index in [9.17, 15) is 14.3 Å². The monoisotopic (exact) mass is 378 g/mol. The zero-order valence-electron chi connectivity index (χ0n) is 14.5. The molecule has 1 atom stereocenters. The van der Waals surface area contributed by atoms with E-state index in [-0.39, 0.29) is 23.4 Å². The van der Waals surface area contributed by atoms with E-state index in [1.54, 1.807) is 18.2 Å². The quantitative estimate of drug-likeness (QED) is 0.762. The summed E-state index contributed by atoms with van der Waals surface area (Å²) in [7, 11) is 0. The summed E-state index contributed by atoms with van der Waals surface area (Å²) in [5.41, 5.74) is 0.949. The van der Waals surface area contributed by atoms with Crippen molar-refractivity contribution in [2.24, 2.45) is 0 Å². The Kier molecular flexibility index (Phi) is 5.64. The second kappa shape index (κ2) is 7.93. The van der Waals surface area contributed by atoms with Crippen LogP contribution in [0.15, 0.2) is 42.5 Å². The van der Waals surface area contributed by atoms with E-state index in [0.29, 0.717) is 5.02 Å². The molecule has 7 heteroatoms. The van der Waals surface area contributed by atoms with Gasteiger partial charge in [-0.15, -0.1) is 0 Å². The predicted octanol–water partition coefficient (Wildman–Crippen LogP) is 1.92. The molecule has 1 aliphatic heterocycles. The van der Waals surface area contributed by atoms with Crippen molar-refractivity contribution in [3.63, 3.8) is 0 Å². The summed E-state index contributed by atoms with van der Waals surface area (Å²) in [5, 5.41) is 12.9. The van der Waals surface area contributed by atoms with Crippen LogP contribution in [0.5, 0.6) is 5.75 Å². The molecule has 1 saturated heterocycles. The van der Waals surface area contributed by atoms with Gasteiger partial charge in [-0.1, -0.05) is 23.7 Å². The number of carbonyl (C=O) groups excluding carboxylic acids is 1. The highest BCUT2D eigenvalue weighted by Crippen LogP contribution is 2.26. The highest BCUT2D eigenvalue weighted by Gasteiger charge is 2.30. The zero-order chi connectivity index (χ0) is 18.7. The van der Waals surface area contributed by atoms with Crippen LogP contribution < -0.4 is 15.1 Å². The first-order valence-corrected chi connectivity index (χ1v) is 8.97. The summed E-state index contributed by atoms with van der Waals surface area (Å²) in [6.45, 7) is 4.83. The van der Waals surface area contributed by atoms with Gasteiger partial charge < -0.3 is 20.2 Å². The number of hydrogen-bond donors (Lipinski definition) is 3. The molecule has 0 aromatic heterocycles. The van der Waals surface area contributed by atoms with Crippen molar-refractivity contribution < 1.29 is 19.2 Å². The number of para-hydroxylation sites is 2. The maximum atomic E-state index is 13.9. The third-order valence-electron chi connectivity index (χ3n) is 4.82. The second-order valence-corrected chi connectivity index (χ2v) is 6.91. The number of amides is 1. The molecule has 1 amide bonds. The Hall–Kier alpha value is -2.31. The van der Waals surface area contributed by atoms with Gasteiger partial charge in [-0.25, -0.2) is 4.39 Å². The number of carbonyl (C=O) groups is 1. The number of hydrogen-bond acceptors (Lipinski definition) is 3. The summed E-state index contributed by atoms with van der Waals surface area (Å²) >= 11 is 5.73. The molecule has 1 aliphatic rings. The molecule has 26 heavy (non-hydrogen) atoms. The smallest absolute Gasteiger partial charge is 0.282 e. The molecule has 138 valence electrons. The molecule has 3 N–H and O–H groups in total. The molecule has 3 rings (SSSR count). The topological polar surface area (TPSA) is 57.0 Å². The van der Waals surface area contributed by atoms with E-state index in [2.05, 4.69) is 10.2 Å². The molecular weight excluding hydrogens is 357 g/mol. The number of nitrogens with one attached hydrogen (secondary N) is 2. The number of piperazine rings is 1. The standard InChI is InChI=1S/C19H21ClFN3O2/c1-13(19(26)22-16-7-6-14(20)12-15(16)21)23-8-10-24(11-9-23)17-4-2-3-5-18(17)25/h2-7,12-13,25H,8-11H2,1H3,(H,22,26)/p+1/t13-/m1/s1. The highest BCUT2D eigenvalue weighted by molar-refractivity contribution is 6.30. The van der Waals surface area contributed by atoms with Gasteiger partial charge in [0.2, 0.25) is 0 Å². The SMILES string of the molecule is C[C@H](C(=O)Nc1ccc(Cl)cc1F)[NH+]1CCN(c2ccccc2O)CC1. The third-order valence-corrected chi connectivity index (χ3v) is 5.06. The summed E-state index contributed by atoms with van der Waals surface area (Å²) in [6.07, 6.45) is 0. The average Bonchev–Trinajstić information content (AvgIpc) is 2.64. The number of benzene rings is 2. The Morgan fingerprint density at radius 2 is 1.96 bits per heavy atom. The molecular formula is C19H22ClFN3O2+. The van der Waals surface area contributed by atoms with Crippen molar-refractivity contribution in [3.05, 3.63) is 53.3 Å². The number of phenolic OH excluding ortho intramolecular Hbond substituents is 1. The fourth-order valence-electron chi connectivity index (χ4n) is 3.22. The fourth-order valence-corrected chi connectivity index (χ4v) is 3.38. The van der Waals surface area contributed by atoms with Gasteiger partial charge in [-0.2, -0.15) is 0 Å². The number of halogens is 2. The summed E-state index contributed by atoms with van der Waals surface area (Å²) in [6, 6.07) is 11.1. The van der Waals surface area contributed by atoms with Crippen molar-refractivity contribution in [2.75, 3.05) is 36.4 Å². The number of aromatic hydroxyl groups is 1. The van der Waals surface area contributed by atoms with Crippen LogP contribution in [-0.4, -0.2) is 43.2 Å². The first kappa shape index (κ1) is 18.5. The molecule has 0 spiro atoms. The van der Waals surface area contributed by atoms with Crippen LogP contribution in [0.4, 0.5) is 15.8 Å². The second-order valence-electron chi connectivity index (χ2n) is 6.47. The van der Waals surface area contributed by atoms with E-state index in [1.807, 2.05) is 19.1 Å². The van der Waals surface area contributed by atoms with Crippen LogP contribution in [0.2, 0.25) is 5.02 Å². The third kappa shape index (κ3) is 4.08. The molecule has 0 unspecified atom stereocenters. The molecule has 1 heterocycles. The molecule has 0 saturated carbocycles. The maximum Gasteiger partial charge on any atom is 0.282 e. The number of quaternary nitrogens is 1. The first-order chi connectivity index (χ1) is 12.5. The van der Waals surface area contributed by atoms with Crippen LogP contribution >= 0.6 is 11.6 Å². The molecule has 2 aromatic rings. The van der Waals surface area contributed by atoms with Crippen LogP contribution in [0.3, 0.4) is 0 Å². The Morgan fingerprint density at radius 1 is 1.27 bits per heavy atom. The Labute approximate surface area is 157 Å². The molecule has 0 radical (unpaired) electrons. The van der Waals surface area contributed by atoms with Crippen molar-refractivity contribution in [3.8, 4) is 5.75 Å². The van der Waals surface area contributed by atoms with E-state index >= 15 is 0 Å². The van der Waals surface area contributed by atoms with Gasteiger partial charge >= 0.3 is 0 Å². The van der Waals surface area contributed by atoms with Crippen LogP contribution in [0.1, 0.15) is 6.92 Å². The van der Waals surface area contributed by atoms with Gasteiger partial charge in [0, 0.05) is 5.02 Å². The number of anilines is 2. The van der Waals surface area contributed by atoms with Crippen molar-refractivity contribution in [1.82, 2.24) is 0 Å². The van der Waals surface area contributed by atoms with Crippen LogP contribution in [0.25, 0.3) is 0 Å². The van der Waals surface area contributed by atoms with Gasteiger partial charge in [0.05, 0.1) is 37.6 Å². The Morgan fingerprint density at radius 3 is 2.62 bits per heavy atom. The minimum absolute atomic E-state index is 0.137. The molecule has 0 bridgehead atoms. The zero-order valence-corrected chi connectivity index (χ0v) is 15.3. The first-order valence-electron chi connectivity index (χ1n) is 8.59. The minimum Gasteiger partial charge on any atom is -0.506 e. The van der Waals surface area contributed by atoms with Gasteiger partial charge in [0.1, 0.15) is 11.6 Å². The lowest BCUT2D eigenvalue weighted by Gasteiger charge is -2.36. The largest absolute Gasteiger partial charge is 0.506 e. The van der Waals surface area contributed by atoms with Crippen molar-refractivity contribution in [2.45, 2.75) is 13.0 Å². The van der Waals surface area contributed by atoms with Gasteiger partial charge in [0.15, 0.2) is 6.04 Å². The van der Waals surface area contributed by atoms with E-state index in [4.69, 9.17) is 11.6 Å². The van der Waals surface area contributed by atoms with E-state index < -0.39 is 5.82 Å². The van der Waals surface area contributed by atoms with E-state index in [1.165, 1.54) is 12.1 Å². The van der Waals surface area contributed by atoms with Gasteiger partial charge in [-0.3, -0.25) is 4.79 Å². The van der Waals surface area contributed by atoms with Crippen molar-refractivity contribution in [1.29, 1.82) is 0 Å². The van der Waals surface area contributed by atoms with E-state index in [0.717, 1.165) is 36.8 Å². The molecule has 0 aliphatic carbocycles. The molecule has 1 fully saturated rings. The lowest BCUT2D eigenvalue weighted by molar-refractivity contribution is -0.914. The minimum atomic E-state index is -0.544. The maximum absolute atomic E-state index is 13.9. The van der Waals surface area contributed by atoms with Gasteiger partial charge in [-0.05, 0) is 37.3 Å². The number of phenols is 1. The average molecular weight is 379 g/mol. The molecule has 2 aromatic carbocycles. The van der Waals surface area contributed by atoms with Crippen LogP contribution in [0, 0.1) is 5.82 Å². The lowest BCUT2D eigenvalue weighted by Crippen LogP contribution is -3.19. The summed E-state index contributed by atoms with van der Waals surface area (Å²) < 4.78 is 13.9. The Bertz CT molecular complexity index is 794. The predicted molar refractivity (Wildman–Crippen MR) is 101 cm³/mol. The van der Waals surface area contributed by atoms with Gasteiger partial charge in [0.25, 0.3) is 5.91 Å². The number of nitrogens with zero attached hydrogens (tertiary/aromatic N) is 1. The number of rotatable bonds is 4. The lowest BCUT2D eigenvalue weighted by atomic mass is 10.2. The molecule has 5 nitrogen and oxygen atoms in total. The highest BCUT2D eigenvalue weighted by atomic mass is 35.5.